The highest BCUT2D eigenvalue weighted by Gasteiger charge is 2.30. The zero-order chi connectivity index (χ0) is 17.7. The van der Waals surface area contributed by atoms with Crippen LogP contribution in [0, 0.1) is 19.3 Å². The first-order chi connectivity index (χ1) is 11.1. The van der Waals surface area contributed by atoms with Crippen LogP contribution in [0.2, 0.25) is 0 Å². The summed E-state index contributed by atoms with van der Waals surface area (Å²) in [5.74, 6) is 1.51. The predicted octanol–water partition coefficient (Wildman–Crippen LogP) is 6.23. The second-order valence-electron chi connectivity index (χ2n) is 9.51. The second-order valence-corrected chi connectivity index (χ2v) is 9.51. The van der Waals surface area contributed by atoms with Crippen molar-refractivity contribution in [3.63, 3.8) is 0 Å². The van der Waals surface area contributed by atoms with Gasteiger partial charge in [0.15, 0.2) is 0 Å². The Hall–Kier alpha value is -1.44. The first-order valence-corrected chi connectivity index (χ1v) is 9.36. The fourth-order valence-electron chi connectivity index (χ4n) is 4.24. The Labute approximate surface area is 147 Å². The van der Waals surface area contributed by atoms with E-state index in [1.54, 1.807) is 0 Å². The van der Waals surface area contributed by atoms with Gasteiger partial charge in [0.1, 0.15) is 5.82 Å². The molecule has 1 heterocycles. The molecule has 0 unspecified atom stereocenters. The van der Waals surface area contributed by atoms with E-state index >= 15 is 0 Å². The number of aromatic nitrogens is 2. The zero-order valence-corrected chi connectivity index (χ0v) is 16.5. The third-order valence-corrected chi connectivity index (χ3v) is 5.88. The third kappa shape index (κ3) is 3.20. The van der Waals surface area contributed by atoms with E-state index in [2.05, 4.69) is 52.6 Å². The van der Waals surface area contributed by atoms with E-state index in [1.807, 2.05) is 13.1 Å². The van der Waals surface area contributed by atoms with Crippen LogP contribution in [0.1, 0.15) is 88.7 Å². The Bertz CT molecular complexity index is 756. The molecule has 0 saturated heterocycles. The summed E-state index contributed by atoms with van der Waals surface area (Å²) in [6, 6.07) is 2.47. The predicted molar refractivity (Wildman–Crippen MR) is 103 cm³/mol. The normalized spacial score (nSPS) is 19.0. The maximum absolute atomic E-state index is 4.86. The molecule has 1 aliphatic carbocycles. The van der Waals surface area contributed by atoms with Crippen molar-refractivity contribution in [1.82, 2.24) is 9.97 Å². The molecule has 0 bridgehead atoms. The topological polar surface area (TPSA) is 25.8 Å². The summed E-state index contributed by atoms with van der Waals surface area (Å²) in [5.41, 5.74) is 6.08. The van der Waals surface area contributed by atoms with Crippen LogP contribution >= 0.6 is 0 Å². The monoisotopic (exact) mass is 324 g/mol. The molecule has 1 aromatic carbocycles. The minimum atomic E-state index is 0.145. The van der Waals surface area contributed by atoms with Crippen LogP contribution in [0.3, 0.4) is 0 Å². The smallest absolute Gasteiger partial charge is 0.125 e. The number of hydrogen-bond acceptors (Lipinski definition) is 2. The summed E-state index contributed by atoms with van der Waals surface area (Å²) in [4.78, 5) is 9.35. The Kier molecular flexibility index (Phi) is 4.22. The van der Waals surface area contributed by atoms with Crippen molar-refractivity contribution in [1.29, 1.82) is 0 Å². The van der Waals surface area contributed by atoms with Crippen LogP contribution in [0.4, 0.5) is 0 Å². The van der Waals surface area contributed by atoms with Crippen LogP contribution in [0.25, 0.3) is 10.9 Å². The Morgan fingerprint density at radius 3 is 2.29 bits per heavy atom. The van der Waals surface area contributed by atoms with E-state index in [9.17, 15) is 0 Å². The molecule has 2 nitrogen and oxygen atoms in total. The van der Waals surface area contributed by atoms with Gasteiger partial charge in [0, 0.05) is 11.6 Å². The Morgan fingerprint density at radius 2 is 1.71 bits per heavy atom. The van der Waals surface area contributed by atoms with E-state index in [1.165, 1.54) is 53.3 Å². The lowest BCUT2D eigenvalue weighted by Crippen LogP contribution is -2.21. The van der Waals surface area contributed by atoms with Crippen molar-refractivity contribution in [2.24, 2.45) is 5.41 Å². The second kappa shape index (κ2) is 5.82. The summed E-state index contributed by atoms with van der Waals surface area (Å²) in [5, 5.41) is 1.24. The average molecular weight is 325 g/mol. The van der Waals surface area contributed by atoms with Gasteiger partial charge in [-0.05, 0) is 73.0 Å². The molecule has 1 fully saturated rings. The molecule has 3 rings (SSSR count). The summed E-state index contributed by atoms with van der Waals surface area (Å²) >= 11 is 0. The van der Waals surface area contributed by atoms with Crippen molar-refractivity contribution >= 4 is 10.9 Å². The maximum atomic E-state index is 4.86. The molecule has 24 heavy (non-hydrogen) atoms. The van der Waals surface area contributed by atoms with Gasteiger partial charge in [-0.1, -0.05) is 40.7 Å². The molecule has 0 radical (unpaired) electrons. The largest absolute Gasteiger partial charge is 0.241 e. The van der Waals surface area contributed by atoms with Gasteiger partial charge < -0.3 is 0 Å². The van der Waals surface area contributed by atoms with Gasteiger partial charge in [0.05, 0.1) is 5.52 Å². The number of nitrogens with zero attached hydrogens (tertiary/aromatic N) is 2. The average Bonchev–Trinajstić information content (AvgIpc) is 2.47. The van der Waals surface area contributed by atoms with Crippen molar-refractivity contribution in [3.8, 4) is 0 Å². The van der Waals surface area contributed by atoms with E-state index in [4.69, 9.17) is 4.98 Å². The van der Waals surface area contributed by atoms with E-state index < -0.39 is 0 Å². The molecular weight excluding hydrogens is 292 g/mol. The van der Waals surface area contributed by atoms with Gasteiger partial charge in [-0.25, -0.2) is 9.97 Å². The highest BCUT2D eigenvalue weighted by atomic mass is 14.9. The number of fused-ring (bicyclic) bond motifs is 1. The van der Waals surface area contributed by atoms with E-state index in [0.29, 0.717) is 11.3 Å². The molecule has 130 valence electrons. The minimum Gasteiger partial charge on any atom is -0.241 e. The van der Waals surface area contributed by atoms with E-state index in [0.717, 1.165) is 5.82 Å². The summed E-state index contributed by atoms with van der Waals surface area (Å²) in [6.45, 7) is 16.0. The van der Waals surface area contributed by atoms with Crippen molar-refractivity contribution < 1.29 is 0 Å². The van der Waals surface area contributed by atoms with Crippen molar-refractivity contribution in [3.05, 3.63) is 34.8 Å². The first kappa shape index (κ1) is 17.4. The van der Waals surface area contributed by atoms with E-state index in [-0.39, 0.29) is 5.41 Å². The van der Waals surface area contributed by atoms with Gasteiger partial charge >= 0.3 is 0 Å². The molecule has 1 aliphatic rings. The standard InChI is InChI=1S/C22H32N2/c1-14-18-13-23-15(2)24-20(18)17(12-19(14)21(3,4)5)16-8-10-22(6,7)11-9-16/h12-13,16H,8-11H2,1-7H3. The first-order valence-electron chi connectivity index (χ1n) is 9.36. The van der Waals surface area contributed by atoms with Crippen LogP contribution in [0.15, 0.2) is 12.3 Å². The molecule has 2 heteroatoms. The highest BCUT2D eigenvalue weighted by Crippen LogP contribution is 2.45. The number of hydrogen-bond donors (Lipinski definition) is 0. The molecule has 1 aromatic heterocycles. The molecule has 0 spiro atoms. The lowest BCUT2D eigenvalue weighted by atomic mass is 9.70. The van der Waals surface area contributed by atoms with Gasteiger partial charge in [-0.2, -0.15) is 0 Å². The molecule has 0 aliphatic heterocycles. The van der Waals surface area contributed by atoms with Crippen LogP contribution < -0.4 is 0 Å². The Balaban J connectivity index is 2.18. The van der Waals surface area contributed by atoms with Crippen LogP contribution in [-0.4, -0.2) is 9.97 Å². The highest BCUT2D eigenvalue weighted by molar-refractivity contribution is 5.86. The SMILES string of the molecule is Cc1ncc2c(C)c(C(C)(C)C)cc(C3CCC(C)(C)CC3)c2n1. The lowest BCUT2D eigenvalue weighted by Gasteiger charge is -2.35. The maximum Gasteiger partial charge on any atom is 0.125 e. The van der Waals surface area contributed by atoms with Gasteiger partial charge in [-0.3, -0.25) is 0 Å². The van der Waals surface area contributed by atoms with Crippen LogP contribution in [-0.2, 0) is 5.41 Å². The molecule has 1 saturated carbocycles. The van der Waals surface area contributed by atoms with Gasteiger partial charge in [-0.15, -0.1) is 0 Å². The number of aryl methyl sites for hydroxylation is 2. The molecule has 2 aromatic rings. The summed E-state index contributed by atoms with van der Waals surface area (Å²) < 4.78 is 0. The quantitative estimate of drug-likeness (QED) is 0.621. The lowest BCUT2D eigenvalue weighted by molar-refractivity contribution is 0.225. The minimum absolute atomic E-state index is 0.145. The van der Waals surface area contributed by atoms with Crippen LogP contribution in [0.5, 0.6) is 0 Å². The number of rotatable bonds is 1. The number of benzene rings is 1. The molecule has 0 N–H and O–H groups in total. The summed E-state index contributed by atoms with van der Waals surface area (Å²) in [6.07, 6.45) is 7.21. The van der Waals surface area contributed by atoms with Crippen molar-refractivity contribution in [2.75, 3.05) is 0 Å². The zero-order valence-electron chi connectivity index (χ0n) is 16.5. The van der Waals surface area contributed by atoms with Gasteiger partial charge in [0.2, 0.25) is 0 Å². The third-order valence-electron chi connectivity index (χ3n) is 5.88. The fourth-order valence-corrected chi connectivity index (χ4v) is 4.24. The molecule has 0 amide bonds. The Morgan fingerprint density at radius 1 is 1.08 bits per heavy atom. The molecule has 0 atom stereocenters. The summed E-state index contributed by atoms with van der Waals surface area (Å²) in [7, 11) is 0. The molecular formula is C22H32N2. The fraction of sp³-hybridized carbons (Fsp3) is 0.636. The van der Waals surface area contributed by atoms with Gasteiger partial charge in [0.25, 0.3) is 0 Å². The van der Waals surface area contributed by atoms with Crippen molar-refractivity contribution in [2.45, 2.75) is 85.5 Å².